The Labute approximate surface area is 254 Å². The topological polar surface area (TPSA) is 117 Å². The van der Waals surface area contributed by atoms with Gasteiger partial charge in [-0.25, -0.2) is 9.97 Å². The van der Waals surface area contributed by atoms with Crippen LogP contribution in [0.4, 0.5) is 11.4 Å². The van der Waals surface area contributed by atoms with Crippen LogP contribution in [-0.4, -0.2) is 67.3 Å². The van der Waals surface area contributed by atoms with Crippen molar-refractivity contribution >= 4 is 41.2 Å². The van der Waals surface area contributed by atoms with Gasteiger partial charge in [0.05, 0.1) is 28.6 Å². The molecular formula is C31H33ClN8O3. The molecule has 0 unspecified atom stereocenters. The molecule has 0 saturated carbocycles. The van der Waals surface area contributed by atoms with E-state index in [9.17, 15) is 14.4 Å². The summed E-state index contributed by atoms with van der Waals surface area (Å²) in [4.78, 5) is 50.9. The third-order valence-electron chi connectivity index (χ3n) is 8.41. The lowest BCUT2D eigenvalue weighted by Gasteiger charge is -2.22. The predicted molar refractivity (Wildman–Crippen MR) is 164 cm³/mol. The van der Waals surface area contributed by atoms with Crippen LogP contribution < -0.4 is 10.6 Å². The Morgan fingerprint density at radius 1 is 0.814 bits per heavy atom. The van der Waals surface area contributed by atoms with Crippen molar-refractivity contribution in [2.75, 3.05) is 30.8 Å². The van der Waals surface area contributed by atoms with Crippen LogP contribution >= 0.6 is 11.6 Å². The predicted octanol–water partition coefficient (Wildman–Crippen LogP) is 3.79. The average Bonchev–Trinajstić information content (AvgIpc) is 3.50. The number of imidazole rings is 2. The van der Waals surface area contributed by atoms with Crippen molar-refractivity contribution in [2.24, 2.45) is 14.1 Å². The van der Waals surface area contributed by atoms with Crippen LogP contribution in [0.3, 0.4) is 0 Å². The number of amides is 3. The monoisotopic (exact) mass is 600 g/mol. The molecule has 222 valence electrons. The third-order valence-corrected chi connectivity index (χ3v) is 8.81. The van der Waals surface area contributed by atoms with Crippen LogP contribution in [0.1, 0.15) is 49.6 Å². The molecule has 43 heavy (non-hydrogen) atoms. The molecular weight excluding hydrogens is 568 g/mol. The second-order valence-electron chi connectivity index (χ2n) is 11.1. The van der Waals surface area contributed by atoms with Gasteiger partial charge < -0.3 is 29.6 Å². The van der Waals surface area contributed by atoms with E-state index in [-0.39, 0.29) is 17.6 Å². The zero-order valence-corrected chi connectivity index (χ0v) is 25.3. The number of hydrogen-bond donors (Lipinski definition) is 2. The Morgan fingerprint density at radius 3 is 2.02 bits per heavy atom. The highest BCUT2D eigenvalue weighted by atomic mass is 35.5. The number of fused-ring (bicyclic) bond motifs is 2. The van der Waals surface area contributed by atoms with Crippen molar-refractivity contribution in [3.63, 3.8) is 0 Å². The summed E-state index contributed by atoms with van der Waals surface area (Å²) in [6.07, 6.45) is 2.29. The number of rotatable bonds is 6. The SMILES string of the molecule is Cc1c(NC(=O)c2nc3c(n2C)CCN(C=O)C3)cccc1-c1cccc(NC(=O)c2nc3c(n2C)CCN(C)C3)c1Cl. The maximum absolute atomic E-state index is 13.3. The summed E-state index contributed by atoms with van der Waals surface area (Å²) < 4.78 is 3.66. The molecule has 6 rings (SSSR count). The second-order valence-corrected chi connectivity index (χ2v) is 11.5. The van der Waals surface area contributed by atoms with Crippen molar-refractivity contribution in [2.45, 2.75) is 32.9 Å². The Morgan fingerprint density at radius 2 is 1.37 bits per heavy atom. The summed E-state index contributed by atoms with van der Waals surface area (Å²) in [6, 6.07) is 11.1. The number of nitrogens with one attached hydrogen (secondary N) is 2. The summed E-state index contributed by atoms with van der Waals surface area (Å²) in [6.45, 7) is 4.53. The maximum atomic E-state index is 13.3. The second kappa shape index (κ2) is 11.3. The number of anilines is 2. The number of carbonyl (C=O) groups is 3. The Kier molecular flexibility index (Phi) is 7.53. The zero-order valence-electron chi connectivity index (χ0n) is 24.6. The minimum Gasteiger partial charge on any atom is -0.339 e. The number of likely N-dealkylation sites (N-methyl/N-ethyl adjacent to an activating group) is 1. The molecule has 0 spiro atoms. The lowest BCUT2D eigenvalue weighted by Crippen LogP contribution is -2.29. The Bertz CT molecular complexity index is 1770. The number of carbonyl (C=O) groups excluding carboxylic acids is 3. The molecule has 3 amide bonds. The maximum Gasteiger partial charge on any atom is 0.291 e. The molecule has 0 saturated heterocycles. The minimum atomic E-state index is -0.342. The lowest BCUT2D eigenvalue weighted by atomic mass is 9.98. The summed E-state index contributed by atoms with van der Waals surface area (Å²) in [5.74, 6) is -0.0402. The van der Waals surface area contributed by atoms with Crippen molar-refractivity contribution in [1.82, 2.24) is 28.9 Å². The van der Waals surface area contributed by atoms with Crippen molar-refractivity contribution in [1.29, 1.82) is 0 Å². The van der Waals surface area contributed by atoms with Crippen LogP contribution in [0, 0.1) is 6.92 Å². The van der Waals surface area contributed by atoms with Gasteiger partial charge in [-0.05, 0) is 37.2 Å². The van der Waals surface area contributed by atoms with Crippen LogP contribution in [0.25, 0.3) is 11.1 Å². The summed E-state index contributed by atoms with van der Waals surface area (Å²) in [5, 5.41) is 6.34. The molecule has 12 heteroatoms. The van der Waals surface area contributed by atoms with E-state index in [1.165, 1.54) is 0 Å². The van der Waals surface area contributed by atoms with E-state index in [1.807, 2.05) is 63.0 Å². The van der Waals surface area contributed by atoms with E-state index >= 15 is 0 Å². The molecule has 2 aliphatic heterocycles. The number of aromatic nitrogens is 4. The molecule has 2 aromatic carbocycles. The van der Waals surface area contributed by atoms with Gasteiger partial charge in [-0.2, -0.15) is 0 Å². The van der Waals surface area contributed by atoms with E-state index in [2.05, 4.69) is 25.5 Å². The van der Waals surface area contributed by atoms with E-state index in [0.717, 1.165) is 58.8 Å². The molecule has 4 aromatic rings. The molecule has 2 aliphatic rings. The molecule has 11 nitrogen and oxygen atoms in total. The quantitative estimate of drug-likeness (QED) is 0.325. The average molecular weight is 601 g/mol. The van der Waals surface area contributed by atoms with Gasteiger partial charge in [0.1, 0.15) is 0 Å². The van der Waals surface area contributed by atoms with Crippen LogP contribution in [0.15, 0.2) is 36.4 Å². The van der Waals surface area contributed by atoms with Gasteiger partial charge >= 0.3 is 0 Å². The molecule has 2 aromatic heterocycles. The summed E-state index contributed by atoms with van der Waals surface area (Å²) in [7, 11) is 5.73. The van der Waals surface area contributed by atoms with Crippen molar-refractivity contribution in [3.8, 4) is 11.1 Å². The van der Waals surface area contributed by atoms with Gasteiger partial charge in [-0.3, -0.25) is 14.4 Å². The molecule has 0 fully saturated rings. The van der Waals surface area contributed by atoms with Crippen LogP contribution in [0.5, 0.6) is 0 Å². The van der Waals surface area contributed by atoms with Gasteiger partial charge in [-0.15, -0.1) is 0 Å². The normalized spacial score (nSPS) is 14.7. The smallest absolute Gasteiger partial charge is 0.291 e. The van der Waals surface area contributed by atoms with Gasteiger partial charge in [0, 0.05) is 69.2 Å². The molecule has 0 radical (unpaired) electrons. The number of nitrogens with zero attached hydrogens (tertiary/aromatic N) is 6. The first-order valence-corrected chi connectivity index (χ1v) is 14.5. The lowest BCUT2D eigenvalue weighted by molar-refractivity contribution is -0.119. The van der Waals surface area contributed by atoms with E-state index in [4.69, 9.17) is 11.6 Å². The summed E-state index contributed by atoms with van der Waals surface area (Å²) >= 11 is 6.89. The number of benzene rings is 2. The van der Waals surface area contributed by atoms with Crippen LogP contribution in [-0.2, 0) is 44.8 Å². The fourth-order valence-electron chi connectivity index (χ4n) is 5.96. The first-order chi connectivity index (χ1) is 20.7. The van der Waals surface area contributed by atoms with Gasteiger partial charge in [-0.1, -0.05) is 35.9 Å². The molecule has 4 heterocycles. The van der Waals surface area contributed by atoms with E-state index in [1.54, 1.807) is 15.5 Å². The zero-order chi connectivity index (χ0) is 30.4. The van der Waals surface area contributed by atoms with Gasteiger partial charge in [0.2, 0.25) is 6.41 Å². The van der Waals surface area contributed by atoms with Crippen molar-refractivity contribution < 1.29 is 14.4 Å². The molecule has 2 N–H and O–H groups in total. The Balaban J connectivity index is 1.24. The van der Waals surface area contributed by atoms with Gasteiger partial charge in [0.25, 0.3) is 11.8 Å². The highest BCUT2D eigenvalue weighted by Crippen LogP contribution is 2.37. The number of halogens is 1. The molecule has 0 bridgehead atoms. The fourth-order valence-corrected chi connectivity index (χ4v) is 6.23. The highest BCUT2D eigenvalue weighted by molar-refractivity contribution is 6.36. The fraction of sp³-hybridized carbons (Fsp3) is 0.323. The van der Waals surface area contributed by atoms with Gasteiger partial charge in [0.15, 0.2) is 11.6 Å². The standard InChI is InChI=1S/C31H33ClN8O3/c1-18-19(7-5-9-21(18)35-30(42)28-34-24-16-40(17-41)14-12-26(24)39(28)4)20-8-6-10-22(27(20)32)36-31(43)29-33-23-15-37(2)13-11-25(23)38(29)3/h5-10,17H,11-16H2,1-4H3,(H,35,42)(H,36,43). The first kappa shape index (κ1) is 28.6. The van der Waals surface area contributed by atoms with Crippen LogP contribution in [0.2, 0.25) is 5.02 Å². The largest absolute Gasteiger partial charge is 0.339 e. The van der Waals surface area contributed by atoms with E-state index in [0.29, 0.717) is 48.3 Å². The molecule has 0 atom stereocenters. The third kappa shape index (κ3) is 5.19. The molecule has 0 aliphatic carbocycles. The minimum absolute atomic E-state index is 0.285. The Hall–Kier alpha value is -4.48. The van der Waals surface area contributed by atoms with E-state index < -0.39 is 0 Å². The van der Waals surface area contributed by atoms with Crippen molar-refractivity contribution in [3.05, 3.63) is 81.4 Å². The highest BCUT2D eigenvalue weighted by Gasteiger charge is 2.26. The summed E-state index contributed by atoms with van der Waals surface area (Å²) in [5.41, 5.74) is 7.12. The number of hydrogen-bond acceptors (Lipinski definition) is 6. The first-order valence-electron chi connectivity index (χ1n) is 14.1.